The Labute approximate surface area is 113 Å². The molecule has 1 saturated carbocycles. The zero-order chi connectivity index (χ0) is 14.0. The maximum absolute atomic E-state index is 12.3. The average Bonchev–Trinajstić information content (AvgIpc) is 3.18. The second-order valence-corrected chi connectivity index (χ2v) is 7.67. The number of nitrogens with one attached hydrogen (secondary N) is 1. The van der Waals surface area contributed by atoms with Crippen LogP contribution in [0.2, 0.25) is 0 Å². The van der Waals surface area contributed by atoms with Gasteiger partial charge < -0.3 is 10.2 Å². The summed E-state index contributed by atoms with van der Waals surface area (Å²) < 4.78 is 23.0. The molecule has 1 aliphatic heterocycles. The highest BCUT2D eigenvalue weighted by Crippen LogP contribution is 2.34. The molecule has 1 atom stereocenters. The number of amides is 2. The Balaban J connectivity index is 2.02. The van der Waals surface area contributed by atoms with Crippen LogP contribution in [-0.2, 0) is 19.4 Å². The normalized spacial score (nSPS) is 25.1. The first kappa shape index (κ1) is 14.3. The molecule has 1 aliphatic carbocycles. The molecule has 1 unspecified atom stereocenters. The summed E-state index contributed by atoms with van der Waals surface area (Å²) in [6.45, 7) is 2.10. The quantitative estimate of drug-likeness (QED) is 0.742. The van der Waals surface area contributed by atoms with E-state index in [4.69, 9.17) is 0 Å². The minimum Gasteiger partial charge on any atom is -0.344 e. The van der Waals surface area contributed by atoms with Crippen LogP contribution in [0.4, 0.5) is 0 Å². The minimum atomic E-state index is -3.09. The standard InChI is InChI=1S/C12H20N2O4S/c1-2-19(17,18)8-7-14-6-5-10(15)13-11(12(14)16)9-3-4-9/h9,11H,2-8H2,1H3,(H,13,15). The molecule has 1 heterocycles. The second-order valence-electron chi connectivity index (χ2n) is 5.19. The molecule has 0 aromatic carbocycles. The van der Waals surface area contributed by atoms with E-state index in [0.29, 0.717) is 6.54 Å². The minimum absolute atomic E-state index is 0.0270. The monoisotopic (exact) mass is 288 g/mol. The molecule has 1 saturated heterocycles. The summed E-state index contributed by atoms with van der Waals surface area (Å²) in [5.74, 6) is 0.0459. The lowest BCUT2D eigenvalue weighted by atomic mass is 10.1. The molecule has 0 radical (unpaired) electrons. The summed E-state index contributed by atoms with van der Waals surface area (Å²) in [7, 11) is -3.09. The molecule has 0 spiro atoms. The van der Waals surface area contributed by atoms with Crippen molar-refractivity contribution in [1.82, 2.24) is 10.2 Å². The van der Waals surface area contributed by atoms with Crippen LogP contribution in [0.5, 0.6) is 0 Å². The van der Waals surface area contributed by atoms with Gasteiger partial charge in [-0.1, -0.05) is 6.92 Å². The molecule has 2 amide bonds. The fraction of sp³-hybridized carbons (Fsp3) is 0.833. The van der Waals surface area contributed by atoms with E-state index in [1.807, 2.05) is 0 Å². The van der Waals surface area contributed by atoms with Gasteiger partial charge in [-0.25, -0.2) is 8.42 Å². The van der Waals surface area contributed by atoms with E-state index in [9.17, 15) is 18.0 Å². The zero-order valence-electron chi connectivity index (χ0n) is 11.1. The number of rotatable bonds is 5. The Morgan fingerprint density at radius 3 is 2.58 bits per heavy atom. The SMILES string of the molecule is CCS(=O)(=O)CCN1CCC(=O)NC(C2CC2)C1=O. The highest BCUT2D eigenvalue weighted by atomic mass is 32.2. The molecule has 0 bridgehead atoms. The summed E-state index contributed by atoms with van der Waals surface area (Å²) in [5, 5.41) is 2.75. The topological polar surface area (TPSA) is 83.6 Å². The number of hydrogen-bond donors (Lipinski definition) is 1. The maximum atomic E-state index is 12.3. The molecule has 2 fully saturated rings. The molecule has 0 aromatic heterocycles. The van der Waals surface area contributed by atoms with Crippen LogP contribution in [0.3, 0.4) is 0 Å². The third kappa shape index (κ3) is 3.68. The van der Waals surface area contributed by atoms with Crippen LogP contribution in [0.1, 0.15) is 26.2 Å². The fourth-order valence-electron chi connectivity index (χ4n) is 2.22. The van der Waals surface area contributed by atoms with Crippen molar-refractivity contribution in [3.63, 3.8) is 0 Å². The van der Waals surface area contributed by atoms with Crippen LogP contribution < -0.4 is 5.32 Å². The predicted octanol–water partition coefficient (Wildman–Crippen LogP) is -0.452. The van der Waals surface area contributed by atoms with E-state index in [1.165, 1.54) is 4.90 Å². The van der Waals surface area contributed by atoms with E-state index in [2.05, 4.69) is 5.32 Å². The molecule has 0 aromatic rings. The lowest BCUT2D eigenvalue weighted by Crippen LogP contribution is -2.47. The van der Waals surface area contributed by atoms with Gasteiger partial charge in [-0.2, -0.15) is 0 Å². The smallest absolute Gasteiger partial charge is 0.245 e. The first-order valence-corrected chi connectivity index (χ1v) is 8.53. The largest absolute Gasteiger partial charge is 0.344 e. The third-order valence-corrected chi connectivity index (χ3v) is 5.39. The van der Waals surface area contributed by atoms with Gasteiger partial charge >= 0.3 is 0 Å². The molecular weight excluding hydrogens is 268 g/mol. The summed E-state index contributed by atoms with van der Waals surface area (Å²) in [6.07, 6.45) is 2.16. The van der Waals surface area contributed by atoms with E-state index in [0.717, 1.165) is 12.8 Å². The lowest BCUT2D eigenvalue weighted by Gasteiger charge is -2.23. The van der Waals surface area contributed by atoms with Crippen molar-refractivity contribution in [3.05, 3.63) is 0 Å². The highest BCUT2D eigenvalue weighted by Gasteiger charge is 2.40. The van der Waals surface area contributed by atoms with Gasteiger partial charge in [0.15, 0.2) is 9.84 Å². The van der Waals surface area contributed by atoms with Gasteiger partial charge in [-0.15, -0.1) is 0 Å². The summed E-state index contributed by atoms with van der Waals surface area (Å²) in [5.41, 5.74) is 0. The highest BCUT2D eigenvalue weighted by molar-refractivity contribution is 7.91. The van der Waals surface area contributed by atoms with Crippen LogP contribution in [0, 0.1) is 5.92 Å². The molecule has 108 valence electrons. The first-order valence-electron chi connectivity index (χ1n) is 6.71. The van der Waals surface area contributed by atoms with Crippen molar-refractivity contribution in [2.45, 2.75) is 32.2 Å². The number of hydrogen-bond acceptors (Lipinski definition) is 4. The van der Waals surface area contributed by atoms with Crippen LogP contribution in [-0.4, -0.2) is 55.8 Å². The van der Waals surface area contributed by atoms with Crippen molar-refractivity contribution < 1.29 is 18.0 Å². The van der Waals surface area contributed by atoms with Gasteiger partial charge in [-0.05, 0) is 18.8 Å². The molecule has 1 N–H and O–H groups in total. The lowest BCUT2D eigenvalue weighted by molar-refractivity contribution is -0.133. The van der Waals surface area contributed by atoms with Crippen LogP contribution in [0.25, 0.3) is 0 Å². The van der Waals surface area contributed by atoms with E-state index in [-0.39, 0.29) is 42.2 Å². The van der Waals surface area contributed by atoms with E-state index >= 15 is 0 Å². The van der Waals surface area contributed by atoms with Crippen LogP contribution >= 0.6 is 0 Å². The predicted molar refractivity (Wildman–Crippen MR) is 70.2 cm³/mol. The van der Waals surface area contributed by atoms with Gasteiger partial charge in [-0.3, -0.25) is 9.59 Å². The zero-order valence-corrected chi connectivity index (χ0v) is 11.9. The molecule has 7 heteroatoms. The summed E-state index contributed by atoms with van der Waals surface area (Å²) >= 11 is 0. The van der Waals surface area contributed by atoms with E-state index in [1.54, 1.807) is 6.92 Å². The van der Waals surface area contributed by atoms with Gasteiger partial charge in [0.25, 0.3) is 0 Å². The van der Waals surface area contributed by atoms with Crippen LogP contribution in [0.15, 0.2) is 0 Å². The third-order valence-electron chi connectivity index (χ3n) is 3.71. The van der Waals surface area contributed by atoms with Crippen molar-refractivity contribution in [2.75, 3.05) is 24.6 Å². The Hall–Kier alpha value is -1.11. The molecule has 19 heavy (non-hydrogen) atoms. The summed E-state index contributed by atoms with van der Waals surface area (Å²) in [6, 6.07) is -0.445. The second kappa shape index (κ2) is 5.48. The summed E-state index contributed by atoms with van der Waals surface area (Å²) in [4.78, 5) is 25.4. The number of nitrogens with zero attached hydrogens (tertiary/aromatic N) is 1. The van der Waals surface area contributed by atoms with Gasteiger partial charge in [0.1, 0.15) is 6.04 Å². The number of carbonyl (C=O) groups is 2. The first-order chi connectivity index (χ1) is 8.93. The Morgan fingerprint density at radius 1 is 1.32 bits per heavy atom. The maximum Gasteiger partial charge on any atom is 0.245 e. The van der Waals surface area contributed by atoms with Gasteiger partial charge in [0, 0.05) is 25.3 Å². The fourth-order valence-corrected chi connectivity index (χ4v) is 3.00. The molecule has 6 nitrogen and oxygen atoms in total. The van der Waals surface area contributed by atoms with Crippen molar-refractivity contribution in [3.8, 4) is 0 Å². The van der Waals surface area contributed by atoms with Crippen molar-refractivity contribution >= 4 is 21.7 Å². The van der Waals surface area contributed by atoms with Crippen molar-refractivity contribution in [2.24, 2.45) is 5.92 Å². The average molecular weight is 288 g/mol. The van der Waals surface area contributed by atoms with Gasteiger partial charge in [0.05, 0.1) is 5.75 Å². The number of sulfone groups is 1. The number of carbonyl (C=O) groups excluding carboxylic acids is 2. The Morgan fingerprint density at radius 2 is 2.00 bits per heavy atom. The molecule has 2 aliphatic rings. The van der Waals surface area contributed by atoms with E-state index < -0.39 is 15.9 Å². The Kier molecular flexibility index (Phi) is 4.13. The van der Waals surface area contributed by atoms with Crippen molar-refractivity contribution in [1.29, 1.82) is 0 Å². The Bertz CT molecular complexity index is 470. The molecular formula is C12H20N2O4S. The molecule has 2 rings (SSSR count). The van der Waals surface area contributed by atoms with Gasteiger partial charge in [0.2, 0.25) is 11.8 Å².